The molecule has 140 valence electrons. The zero-order chi connectivity index (χ0) is 18.8. The quantitative estimate of drug-likeness (QED) is 0.700. The Balaban J connectivity index is 2.02. The van der Waals surface area contributed by atoms with Gasteiger partial charge in [-0.05, 0) is 43.5 Å². The van der Waals surface area contributed by atoms with Crippen molar-refractivity contribution in [1.82, 2.24) is 10.0 Å². The van der Waals surface area contributed by atoms with Crippen molar-refractivity contribution in [1.29, 1.82) is 0 Å². The highest BCUT2D eigenvalue weighted by Crippen LogP contribution is 2.25. The van der Waals surface area contributed by atoms with Gasteiger partial charge in [0, 0.05) is 6.04 Å². The van der Waals surface area contributed by atoms with E-state index in [4.69, 9.17) is 4.74 Å². The second kappa shape index (κ2) is 7.30. The number of amides is 1. The van der Waals surface area contributed by atoms with E-state index in [-0.39, 0.29) is 16.4 Å². The van der Waals surface area contributed by atoms with Crippen LogP contribution < -0.4 is 14.8 Å². The normalized spacial score (nSPS) is 19.6. The van der Waals surface area contributed by atoms with Crippen LogP contribution in [0.1, 0.15) is 17.5 Å². The lowest BCUT2D eigenvalue weighted by atomic mass is 10.1. The van der Waals surface area contributed by atoms with E-state index in [0.717, 1.165) is 0 Å². The van der Waals surface area contributed by atoms with Crippen LogP contribution in [-0.4, -0.2) is 53.9 Å². The number of sulfone groups is 1. The lowest BCUT2D eigenvalue weighted by Gasteiger charge is -2.14. The van der Waals surface area contributed by atoms with E-state index in [2.05, 4.69) is 10.0 Å². The van der Waals surface area contributed by atoms with Gasteiger partial charge in [0.15, 0.2) is 9.84 Å². The number of methoxy groups -OCH3 is 1. The Bertz CT molecular complexity index is 878. The summed E-state index contributed by atoms with van der Waals surface area (Å²) < 4.78 is 55.0. The fourth-order valence-corrected chi connectivity index (χ4v) is 5.66. The van der Waals surface area contributed by atoms with Crippen molar-refractivity contribution >= 4 is 25.8 Å². The molecule has 1 heterocycles. The third-order valence-electron chi connectivity index (χ3n) is 4.00. The zero-order valence-corrected chi connectivity index (χ0v) is 16.0. The van der Waals surface area contributed by atoms with Crippen molar-refractivity contribution in [2.24, 2.45) is 0 Å². The molecule has 1 unspecified atom stereocenters. The fourth-order valence-electron chi connectivity index (χ4n) is 2.70. The Labute approximate surface area is 147 Å². The Kier molecular flexibility index (Phi) is 5.75. The fraction of sp³-hybridized carbons (Fsp3) is 0.533. The van der Waals surface area contributed by atoms with Crippen LogP contribution in [0.25, 0.3) is 0 Å². The number of carbonyl (C=O) groups excluding carboxylic acids is 1. The van der Waals surface area contributed by atoms with Gasteiger partial charge in [-0.1, -0.05) is 0 Å². The molecule has 1 aliphatic heterocycles. The van der Waals surface area contributed by atoms with E-state index in [1.165, 1.54) is 13.2 Å². The molecule has 1 aromatic rings. The highest BCUT2D eigenvalue weighted by molar-refractivity contribution is 7.91. The van der Waals surface area contributed by atoms with E-state index in [9.17, 15) is 21.6 Å². The third-order valence-corrected chi connectivity index (χ3v) is 7.31. The van der Waals surface area contributed by atoms with Crippen molar-refractivity contribution in [3.8, 4) is 5.75 Å². The molecule has 1 fully saturated rings. The van der Waals surface area contributed by atoms with Crippen molar-refractivity contribution in [3.05, 3.63) is 23.3 Å². The molecule has 2 N–H and O–H groups in total. The van der Waals surface area contributed by atoms with Crippen LogP contribution in [0.5, 0.6) is 5.75 Å². The second-order valence-corrected chi connectivity index (χ2v) is 10.0. The molecule has 0 spiro atoms. The predicted octanol–water partition coefficient (Wildman–Crippen LogP) is -0.106. The Hall–Kier alpha value is -1.65. The van der Waals surface area contributed by atoms with Crippen LogP contribution in [0.3, 0.4) is 0 Å². The highest BCUT2D eigenvalue weighted by Gasteiger charge is 2.29. The average molecular weight is 390 g/mol. The van der Waals surface area contributed by atoms with Crippen LogP contribution in [0.4, 0.5) is 0 Å². The average Bonchev–Trinajstić information content (AvgIpc) is 2.85. The monoisotopic (exact) mass is 390 g/mol. The summed E-state index contributed by atoms with van der Waals surface area (Å²) >= 11 is 0. The molecule has 0 aliphatic carbocycles. The molecule has 1 saturated heterocycles. The molecule has 1 amide bonds. The minimum absolute atomic E-state index is 0.0357. The summed E-state index contributed by atoms with van der Waals surface area (Å²) in [5.74, 6) is -0.0544. The molecule has 2 rings (SSSR count). The molecule has 1 atom stereocenters. The van der Waals surface area contributed by atoms with Gasteiger partial charge >= 0.3 is 0 Å². The summed E-state index contributed by atoms with van der Waals surface area (Å²) in [4.78, 5) is 12.0. The first kappa shape index (κ1) is 19.7. The molecule has 10 heteroatoms. The number of rotatable bonds is 6. The maximum absolute atomic E-state index is 12.4. The van der Waals surface area contributed by atoms with Crippen molar-refractivity contribution in [3.63, 3.8) is 0 Å². The summed E-state index contributed by atoms with van der Waals surface area (Å²) in [7, 11) is -5.48. The first-order chi connectivity index (χ1) is 11.5. The van der Waals surface area contributed by atoms with E-state index in [1.54, 1.807) is 19.9 Å². The summed E-state index contributed by atoms with van der Waals surface area (Å²) in [6, 6.07) is 2.64. The number of hydrogen-bond acceptors (Lipinski definition) is 6. The van der Waals surface area contributed by atoms with Crippen LogP contribution in [0.15, 0.2) is 17.0 Å². The maximum Gasteiger partial charge on any atom is 0.241 e. The van der Waals surface area contributed by atoms with Gasteiger partial charge in [0.25, 0.3) is 0 Å². The van der Waals surface area contributed by atoms with E-state index in [0.29, 0.717) is 23.3 Å². The minimum atomic E-state index is -3.87. The van der Waals surface area contributed by atoms with E-state index < -0.39 is 38.4 Å². The lowest BCUT2D eigenvalue weighted by Crippen LogP contribution is -2.42. The number of sulfonamides is 1. The molecule has 0 saturated carbocycles. The number of ether oxygens (including phenoxy) is 1. The molecular formula is C15H22N2O6S2. The third kappa shape index (κ3) is 4.93. The Morgan fingerprint density at radius 1 is 1.28 bits per heavy atom. The van der Waals surface area contributed by atoms with Gasteiger partial charge < -0.3 is 10.1 Å². The first-order valence-electron chi connectivity index (χ1n) is 7.69. The summed E-state index contributed by atoms with van der Waals surface area (Å²) in [5, 5.41) is 2.54. The molecule has 0 bridgehead atoms. The molecule has 1 aromatic carbocycles. The summed E-state index contributed by atoms with van der Waals surface area (Å²) in [5.41, 5.74) is 1.16. The molecule has 25 heavy (non-hydrogen) atoms. The van der Waals surface area contributed by atoms with E-state index >= 15 is 0 Å². The van der Waals surface area contributed by atoms with Crippen LogP contribution in [0, 0.1) is 13.8 Å². The van der Waals surface area contributed by atoms with Crippen molar-refractivity contribution in [2.45, 2.75) is 31.2 Å². The van der Waals surface area contributed by atoms with Crippen molar-refractivity contribution in [2.75, 3.05) is 25.2 Å². The predicted molar refractivity (Wildman–Crippen MR) is 92.9 cm³/mol. The smallest absolute Gasteiger partial charge is 0.241 e. The molecule has 1 aliphatic rings. The van der Waals surface area contributed by atoms with Gasteiger partial charge in [0.05, 0.1) is 30.1 Å². The molecule has 8 nitrogen and oxygen atoms in total. The highest BCUT2D eigenvalue weighted by atomic mass is 32.2. The molecular weight excluding hydrogens is 368 g/mol. The Morgan fingerprint density at radius 2 is 1.96 bits per heavy atom. The number of benzene rings is 1. The lowest BCUT2D eigenvalue weighted by molar-refractivity contribution is -0.120. The van der Waals surface area contributed by atoms with Gasteiger partial charge in [-0.2, -0.15) is 0 Å². The summed E-state index contributed by atoms with van der Waals surface area (Å²) in [6.07, 6.45) is 0.345. The second-order valence-electron chi connectivity index (χ2n) is 6.08. The van der Waals surface area contributed by atoms with Crippen LogP contribution in [0.2, 0.25) is 0 Å². The van der Waals surface area contributed by atoms with Gasteiger partial charge in [-0.25, -0.2) is 21.6 Å². The molecule has 0 aromatic heterocycles. The summed E-state index contributed by atoms with van der Waals surface area (Å²) in [6.45, 7) is 2.91. The minimum Gasteiger partial charge on any atom is -0.496 e. The van der Waals surface area contributed by atoms with E-state index in [1.807, 2.05) is 0 Å². The van der Waals surface area contributed by atoms with Gasteiger partial charge in [-0.3, -0.25) is 4.79 Å². The number of aryl methyl sites for hydroxylation is 2. The number of hydrogen-bond donors (Lipinski definition) is 2. The SMILES string of the molecule is COc1cc(C)c(S(=O)(=O)NCC(=O)NC2CCS(=O)(=O)C2)cc1C. The number of carbonyl (C=O) groups is 1. The van der Waals surface area contributed by atoms with Gasteiger partial charge in [-0.15, -0.1) is 0 Å². The van der Waals surface area contributed by atoms with Gasteiger partial charge in [0.2, 0.25) is 15.9 Å². The number of nitrogens with one attached hydrogen (secondary N) is 2. The zero-order valence-electron chi connectivity index (χ0n) is 14.3. The van der Waals surface area contributed by atoms with Crippen molar-refractivity contribution < 1.29 is 26.4 Å². The van der Waals surface area contributed by atoms with Gasteiger partial charge in [0.1, 0.15) is 5.75 Å². The maximum atomic E-state index is 12.4. The molecule has 0 radical (unpaired) electrons. The van der Waals surface area contributed by atoms with Crippen LogP contribution in [-0.2, 0) is 24.7 Å². The van der Waals surface area contributed by atoms with Crippen LogP contribution >= 0.6 is 0 Å². The standard InChI is InChI=1S/C15H22N2O6S2/c1-10-7-14(11(2)6-13(10)23-3)25(21,22)16-8-15(18)17-12-4-5-24(19,20)9-12/h6-7,12,16H,4-5,8-9H2,1-3H3,(H,17,18). The Morgan fingerprint density at radius 3 is 2.52 bits per heavy atom. The first-order valence-corrected chi connectivity index (χ1v) is 11.0. The largest absolute Gasteiger partial charge is 0.496 e. The topological polar surface area (TPSA) is 119 Å².